The van der Waals surface area contributed by atoms with E-state index in [1.165, 1.54) is 48.5 Å². The summed E-state index contributed by atoms with van der Waals surface area (Å²) in [6.45, 7) is 3.81. The molecule has 0 saturated carbocycles. The Morgan fingerprint density at radius 1 is 0.935 bits per heavy atom. The van der Waals surface area contributed by atoms with Gasteiger partial charge in [-0.05, 0) is 74.0 Å². The highest BCUT2D eigenvalue weighted by molar-refractivity contribution is 7.92. The number of rotatable bonds is 8. The molecule has 0 aliphatic carbocycles. The van der Waals surface area contributed by atoms with Crippen molar-refractivity contribution < 1.29 is 22.3 Å². The van der Waals surface area contributed by atoms with Crippen LogP contribution in [0.5, 0.6) is 5.75 Å². The number of carbonyl (C=O) groups excluding carboxylic acids is 1. The van der Waals surface area contributed by atoms with Gasteiger partial charge in [0.05, 0.1) is 4.90 Å². The Morgan fingerprint density at radius 2 is 1.52 bits per heavy atom. The molecule has 1 atom stereocenters. The second kappa shape index (κ2) is 9.61. The summed E-state index contributed by atoms with van der Waals surface area (Å²) >= 11 is 0. The van der Waals surface area contributed by atoms with Crippen molar-refractivity contribution in [3.63, 3.8) is 0 Å². The highest BCUT2D eigenvalue weighted by Crippen LogP contribution is 2.20. The SMILES string of the molecule is CC[C@@H](Oc1ccc(C)cc1)C(=O)Nc1ccc(S(=O)(=O)Nc2ccc(F)cc2)cc1. The summed E-state index contributed by atoms with van der Waals surface area (Å²) in [6, 6.07) is 18.2. The van der Waals surface area contributed by atoms with E-state index >= 15 is 0 Å². The molecule has 31 heavy (non-hydrogen) atoms. The number of anilines is 2. The van der Waals surface area contributed by atoms with Crippen molar-refractivity contribution >= 4 is 27.3 Å². The van der Waals surface area contributed by atoms with E-state index < -0.39 is 21.9 Å². The average molecular weight is 443 g/mol. The predicted molar refractivity (Wildman–Crippen MR) is 118 cm³/mol. The molecule has 0 unspecified atom stereocenters. The summed E-state index contributed by atoms with van der Waals surface area (Å²) < 4.78 is 46.1. The summed E-state index contributed by atoms with van der Waals surface area (Å²) in [5.74, 6) is -0.191. The molecule has 8 heteroatoms. The lowest BCUT2D eigenvalue weighted by molar-refractivity contribution is -0.122. The van der Waals surface area contributed by atoms with Crippen molar-refractivity contribution in [1.29, 1.82) is 0 Å². The van der Waals surface area contributed by atoms with Crippen molar-refractivity contribution in [2.75, 3.05) is 10.0 Å². The van der Waals surface area contributed by atoms with Crippen molar-refractivity contribution in [3.05, 3.63) is 84.2 Å². The summed E-state index contributed by atoms with van der Waals surface area (Å²) in [5.41, 5.74) is 1.78. The third kappa shape index (κ3) is 6.05. The molecule has 0 heterocycles. The molecule has 0 aliphatic rings. The van der Waals surface area contributed by atoms with Crippen LogP contribution in [-0.4, -0.2) is 20.4 Å². The van der Waals surface area contributed by atoms with E-state index in [1.807, 2.05) is 26.0 Å². The van der Waals surface area contributed by atoms with E-state index in [0.29, 0.717) is 17.9 Å². The van der Waals surface area contributed by atoms with Gasteiger partial charge in [-0.15, -0.1) is 0 Å². The molecule has 0 aromatic heterocycles. The lowest BCUT2D eigenvalue weighted by Gasteiger charge is -2.17. The predicted octanol–water partition coefficient (Wildman–Crippen LogP) is 4.73. The van der Waals surface area contributed by atoms with E-state index in [4.69, 9.17) is 4.74 Å². The molecule has 0 bridgehead atoms. The first-order valence-electron chi connectivity index (χ1n) is 9.69. The maximum Gasteiger partial charge on any atom is 0.265 e. The molecule has 162 valence electrons. The second-order valence-corrected chi connectivity index (χ2v) is 8.64. The van der Waals surface area contributed by atoms with Gasteiger partial charge >= 0.3 is 0 Å². The smallest absolute Gasteiger partial charge is 0.265 e. The number of amides is 1. The normalized spacial score (nSPS) is 12.1. The quantitative estimate of drug-likeness (QED) is 0.528. The minimum Gasteiger partial charge on any atom is -0.481 e. The zero-order chi connectivity index (χ0) is 22.4. The van der Waals surface area contributed by atoms with Crippen LogP contribution in [0, 0.1) is 12.7 Å². The number of aryl methyl sites for hydroxylation is 1. The lowest BCUT2D eigenvalue weighted by Crippen LogP contribution is -2.32. The first-order chi connectivity index (χ1) is 14.8. The molecule has 0 saturated heterocycles. The van der Waals surface area contributed by atoms with E-state index in [2.05, 4.69) is 10.0 Å². The Bertz CT molecular complexity index is 1130. The third-order valence-electron chi connectivity index (χ3n) is 4.49. The van der Waals surface area contributed by atoms with Crippen LogP contribution in [0.2, 0.25) is 0 Å². The van der Waals surface area contributed by atoms with Crippen LogP contribution in [0.25, 0.3) is 0 Å². The fraction of sp³-hybridized carbons (Fsp3) is 0.174. The molecule has 0 spiro atoms. The number of hydrogen-bond donors (Lipinski definition) is 2. The molecule has 3 aromatic carbocycles. The zero-order valence-corrected chi connectivity index (χ0v) is 17.9. The van der Waals surface area contributed by atoms with Gasteiger partial charge in [-0.2, -0.15) is 0 Å². The maximum atomic E-state index is 13.0. The Hall–Kier alpha value is -3.39. The monoisotopic (exact) mass is 442 g/mol. The molecule has 0 fully saturated rings. The minimum atomic E-state index is -3.85. The molecule has 3 aromatic rings. The van der Waals surface area contributed by atoms with Crippen LogP contribution in [0.15, 0.2) is 77.7 Å². The van der Waals surface area contributed by atoms with Crippen LogP contribution in [0.1, 0.15) is 18.9 Å². The summed E-state index contributed by atoms with van der Waals surface area (Å²) in [5, 5.41) is 2.74. The molecule has 6 nitrogen and oxygen atoms in total. The minimum absolute atomic E-state index is 0.0118. The number of sulfonamides is 1. The fourth-order valence-electron chi connectivity index (χ4n) is 2.78. The first kappa shape index (κ1) is 22.3. The van der Waals surface area contributed by atoms with Crippen LogP contribution >= 0.6 is 0 Å². The molecular weight excluding hydrogens is 419 g/mol. The maximum absolute atomic E-state index is 13.0. The van der Waals surface area contributed by atoms with Crippen LogP contribution < -0.4 is 14.8 Å². The van der Waals surface area contributed by atoms with Crippen LogP contribution in [0.4, 0.5) is 15.8 Å². The summed E-state index contributed by atoms with van der Waals surface area (Å²) in [4.78, 5) is 12.6. The molecule has 0 radical (unpaired) electrons. The number of halogens is 1. The van der Waals surface area contributed by atoms with Gasteiger partial charge in [-0.1, -0.05) is 24.6 Å². The fourth-order valence-corrected chi connectivity index (χ4v) is 3.83. The van der Waals surface area contributed by atoms with Crippen molar-refractivity contribution in [2.45, 2.75) is 31.3 Å². The number of nitrogens with one attached hydrogen (secondary N) is 2. The molecule has 2 N–H and O–H groups in total. The molecule has 3 rings (SSSR count). The third-order valence-corrected chi connectivity index (χ3v) is 5.89. The van der Waals surface area contributed by atoms with E-state index in [0.717, 1.165) is 5.56 Å². The second-order valence-electron chi connectivity index (χ2n) is 6.95. The topological polar surface area (TPSA) is 84.5 Å². The van der Waals surface area contributed by atoms with Gasteiger partial charge in [0.2, 0.25) is 0 Å². The van der Waals surface area contributed by atoms with Gasteiger partial charge in [-0.25, -0.2) is 12.8 Å². The van der Waals surface area contributed by atoms with Gasteiger partial charge in [0, 0.05) is 11.4 Å². The van der Waals surface area contributed by atoms with Crippen LogP contribution in [0.3, 0.4) is 0 Å². The highest BCUT2D eigenvalue weighted by Gasteiger charge is 2.19. The molecular formula is C23H23FN2O4S. The molecule has 1 amide bonds. The van der Waals surface area contributed by atoms with Crippen LogP contribution in [-0.2, 0) is 14.8 Å². The zero-order valence-electron chi connectivity index (χ0n) is 17.1. The summed E-state index contributed by atoms with van der Waals surface area (Å²) in [6.07, 6.45) is -0.223. The Labute approximate surface area is 181 Å². The Kier molecular flexibility index (Phi) is 6.91. The molecule has 0 aliphatic heterocycles. The van der Waals surface area contributed by atoms with E-state index in [-0.39, 0.29) is 16.5 Å². The van der Waals surface area contributed by atoms with Gasteiger partial charge in [-0.3, -0.25) is 9.52 Å². The number of benzene rings is 3. The number of ether oxygens (including phenoxy) is 1. The van der Waals surface area contributed by atoms with Crippen molar-refractivity contribution in [3.8, 4) is 5.75 Å². The van der Waals surface area contributed by atoms with E-state index in [1.54, 1.807) is 12.1 Å². The highest BCUT2D eigenvalue weighted by atomic mass is 32.2. The van der Waals surface area contributed by atoms with E-state index in [9.17, 15) is 17.6 Å². The average Bonchev–Trinajstić information content (AvgIpc) is 2.75. The van der Waals surface area contributed by atoms with Crippen molar-refractivity contribution in [1.82, 2.24) is 0 Å². The van der Waals surface area contributed by atoms with Gasteiger partial charge < -0.3 is 10.1 Å². The first-order valence-corrected chi connectivity index (χ1v) is 11.2. The van der Waals surface area contributed by atoms with Crippen molar-refractivity contribution in [2.24, 2.45) is 0 Å². The Balaban J connectivity index is 1.65. The number of hydrogen-bond acceptors (Lipinski definition) is 4. The Morgan fingerprint density at radius 3 is 2.10 bits per heavy atom. The largest absolute Gasteiger partial charge is 0.481 e. The van der Waals surface area contributed by atoms with Gasteiger partial charge in [0.15, 0.2) is 6.10 Å². The summed E-state index contributed by atoms with van der Waals surface area (Å²) in [7, 11) is -3.85. The lowest BCUT2D eigenvalue weighted by atomic mass is 10.2. The van der Waals surface area contributed by atoms with Gasteiger partial charge in [0.25, 0.3) is 15.9 Å². The standard InChI is InChI=1S/C23H23FN2O4S/c1-3-22(30-20-12-4-16(2)5-13-20)23(27)25-18-10-14-21(15-11-18)31(28,29)26-19-8-6-17(24)7-9-19/h4-15,22,26H,3H2,1-2H3,(H,25,27)/t22-/m1/s1. The van der Waals surface area contributed by atoms with Gasteiger partial charge in [0.1, 0.15) is 11.6 Å². The number of carbonyl (C=O) groups is 1.